The number of carbonyl (C=O) groups is 1. The predicted molar refractivity (Wildman–Crippen MR) is 67.9 cm³/mol. The van der Waals surface area contributed by atoms with Crippen molar-refractivity contribution < 1.29 is 4.79 Å². The minimum Gasteiger partial charge on any atom is -0.339 e. The molecule has 0 bridgehead atoms. The van der Waals surface area contributed by atoms with Crippen LogP contribution in [0, 0.1) is 0 Å². The number of hydrogen-bond acceptors (Lipinski definition) is 3. The number of nitrogens with two attached hydrogens (primary N) is 1. The molecule has 0 aliphatic rings. The third kappa shape index (κ3) is 3.30. The molecule has 5 nitrogen and oxygen atoms in total. The Bertz CT molecular complexity index is 384. The number of hydrogen-bond donors (Lipinski definition) is 1. The van der Waals surface area contributed by atoms with E-state index >= 15 is 0 Å². The monoisotopic (exact) mass is 238 g/mol. The van der Waals surface area contributed by atoms with Gasteiger partial charge >= 0.3 is 0 Å². The van der Waals surface area contributed by atoms with E-state index in [-0.39, 0.29) is 11.9 Å². The lowest BCUT2D eigenvalue weighted by molar-refractivity contribution is 0.0776. The molecule has 96 valence electrons. The zero-order valence-corrected chi connectivity index (χ0v) is 11.1. The molecule has 0 saturated carbocycles. The molecule has 0 fully saturated rings. The molecule has 1 rings (SSSR count). The minimum atomic E-state index is -0.0207. The average molecular weight is 238 g/mol. The molecule has 2 N–H and O–H groups in total. The predicted octanol–water partition coefficient (Wildman–Crippen LogP) is 0.885. The maximum atomic E-state index is 12.2. The van der Waals surface area contributed by atoms with Crippen LogP contribution in [0.15, 0.2) is 6.07 Å². The third-order valence-corrected chi connectivity index (χ3v) is 2.62. The number of amides is 1. The summed E-state index contributed by atoms with van der Waals surface area (Å²) in [4.78, 5) is 13.8. The molecule has 1 heterocycles. The van der Waals surface area contributed by atoms with Crippen LogP contribution in [-0.2, 0) is 13.0 Å². The van der Waals surface area contributed by atoms with Crippen molar-refractivity contribution in [3.8, 4) is 0 Å². The van der Waals surface area contributed by atoms with E-state index in [2.05, 4.69) is 5.10 Å². The Labute approximate surface area is 103 Å². The van der Waals surface area contributed by atoms with Gasteiger partial charge < -0.3 is 10.6 Å². The van der Waals surface area contributed by atoms with Crippen molar-refractivity contribution in [2.75, 3.05) is 13.6 Å². The van der Waals surface area contributed by atoms with Crippen LogP contribution in [-0.4, -0.2) is 40.2 Å². The topological polar surface area (TPSA) is 64.2 Å². The van der Waals surface area contributed by atoms with Crippen LogP contribution in [0.25, 0.3) is 0 Å². The smallest absolute Gasteiger partial charge is 0.271 e. The number of aromatic nitrogens is 2. The zero-order valence-electron chi connectivity index (χ0n) is 11.1. The van der Waals surface area contributed by atoms with Gasteiger partial charge in [-0.15, -0.1) is 0 Å². The molecule has 1 aromatic rings. The van der Waals surface area contributed by atoms with Crippen LogP contribution >= 0.6 is 0 Å². The molecule has 0 spiro atoms. The van der Waals surface area contributed by atoms with E-state index in [1.165, 1.54) is 0 Å². The molecule has 1 aromatic heterocycles. The van der Waals surface area contributed by atoms with E-state index in [1.54, 1.807) is 16.6 Å². The Kier molecular flexibility index (Phi) is 4.69. The van der Waals surface area contributed by atoms with Crippen molar-refractivity contribution in [3.05, 3.63) is 17.5 Å². The van der Waals surface area contributed by atoms with Crippen molar-refractivity contribution in [3.63, 3.8) is 0 Å². The van der Waals surface area contributed by atoms with Crippen molar-refractivity contribution in [1.29, 1.82) is 0 Å². The highest BCUT2D eigenvalue weighted by Crippen LogP contribution is 2.08. The Morgan fingerprint density at radius 2 is 2.24 bits per heavy atom. The van der Waals surface area contributed by atoms with Crippen LogP contribution < -0.4 is 5.73 Å². The van der Waals surface area contributed by atoms with Crippen LogP contribution in [0.4, 0.5) is 0 Å². The Morgan fingerprint density at radius 1 is 1.59 bits per heavy atom. The number of rotatable bonds is 5. The number of nitrogens with zero attached hydrogens (tertiary/aromatic N) is 3. The van der Waals surface area contributed by atoms with Crippen molar-refractivity contribution >= 4 is 5.91 Å². The Hall–Kier alpha value is -1.36. The summed E-state index contributed by atoms with van der Waals surface area (Å²) in [5.74, 6) is -0.0173. The second-order valence-corrected chi connectivity index (χ2v) is 4.35. The van der Waals surface area contributed by atoms with Crippen LogP contribution in [0.5, 0.6) is 0 Å². The van der Waals surface area contributed by atoms with Crippen molar-refractivity contribution in [2.45, 2.75) is 39.8 Å². The highest BCUT2D eigenvalue weighted by atomic mass is 16.2. The SMILES string of the molecule is CCc1cc(C(=O)N(C)CC(C)N)n(CC)n1. The van der Waals surface area contributed by atoms with Crippen molar-refractivity contribution in [1.82, 2.24) is 14.7 Å². The summed E-state index contributed by atoms with van der Waals surface area (Å²) in [5, 5.41) is 4.37. The average Bonchev–Trinajstić information content (AvgIpc) is 2.70. The van der Waals surface area contributed by atoms with Gasteiger partial charge in [0.25, 0.3) is 5.91 Å². The van der Waals surface area contributed by atoms with E-state index in [4.69, 9.17) is 5.73 Å². The van der Waals surface area contributed by atoms with Gasteiger partial charge in [0.1, 0.15) is 5.69 Å². The standard InChI is InChI=1S/C12H22N4O/c1-5-10-7-11(16(6-2)14-10)12(17)15(4)8-9(3)13/h7,9H,5-6,8,13H2,1-4H3. The van der Waals surface area contributed by atoms with E-state index in [9.17, 15) is 4.79 Å². The molecule has 5 heteroatoms. The molecule has 0 radical (unpaired) electrons. The lowest BCUT2D eigenvalue weighted by Gasteiger charge is -2.19. The fourth-order valence-electron chi connectivity index (χ4n) is 1.77. The van der Waals surface area contributed by atoms with Gasteiger partial charge in [-0.25, -0.2) is 0 Å². The lowest BCUT2D eigenvalue weighted by Crippen LogP contribution is -2.37. The van der Waals surface area contributed by atoms with Gasteiger partial charge in [0.2, 0.25) is 0 Å². The summed E-state index contributed by atoms with van der Waals surface area (Å²) in [5.41, 5.74) is 7.29. The summed E-state index contributed by atoms with van der Waals surface area (Å²) < 4.78 is 1.75. The number of carbonyl (C=O) groups excluding carboxylic acids is 1. The fraction of sp³-hybridized carbons (Fsp3) is 0.667. The highest BCUT2D eigenvalue weighted by Gasteiger charge is 2.18. The molecule has 1 unspecified atom stereocenters. The maximum absolute atomic E-state index is 12.2. The first-order valence-corrected chi connectivity index (χ1v) is 6.07. The molecule has 0 aliphatic carbocycles. The van der Waals surface area contributed by atoms with E-state index in [0.29, 0.717) is 18.8 Å². The first-order chi connectivity index (χ1) is 7.99. The van der Waals surface area contributed by atoms with Crippen molar-refractivity contribution in [2.24, 2.45) is 5.73 Å². The fourth-order valence-corrected chi connectivity index (χ4v) is 1.77. The first-order valence-electron chi connectivity index (χ1n) is 6.07. The van der Waals surface area contributed by atoms with Gasteiger partial charge in [-0.3, -0.25) is 9.48 Å². The van der Waals surface area contributed by atoms with Gasteiger partial charge in [0.15, 0.2) is 0 Å². The molecule has 0 aliphatic heterocycles. The Balaban J connectivity index is 2.90. The maximum Gasteiger partial charge on any atom is 0.271 e. The largest absolute Gasteiger partial charge is 0.339 e. The van der Waals surface area contributed by atoms with Crippen LogP contribution in [0.3, 0.4) is 0 Å². The molecule has 0 aromatic carbocycles. The van der Waals surface area contributed by atoms with Gasteiger partial charge in [-0.05, 0) is 26.3 Å². The molecular weight excluding hydrogens is 216 g/mol. The van der Waals surface area contributed by atoms with Gasteiger partial charge in [0.05, 0.1) is 5.69 Å². The molecule has 0 saturated heterocycles. The second kappa shape index (κ2) is 5.82. The Morgan fingerprint density at radius 3 is 2.71 bits per heavy atom. The van der Waals surface area contributed by atoms with Gasteiger partial charge in [-0.2, -0.15) is 5.10 Å². The van der Waals surface area contributed by atoms with Crippen LogP contribution in [0.2, 0.25) is 0 Å². The number of likely N-dealkylation sites (N-methyl/N-ethyl adjacent to an activating group) is 1. The minimum absolute atomic E-state index is 0.0173. The summed E-state index contributed by atoms with van der Waals surface area (Å²) in [6.07, 6.45) is 0.838. The van der Waals surface area contributed by atoms with E-state index in [1.807, 2.05) is 26.8 Å². The lowest BCUT2D eigenvalue weighted by atomic mass is 10.2. The summed E-state index contributed by atoms with van der Waals surface area (Å²) in [6.45, 7) is 7.15. The molecule has 1 atom stereocenters. The number of aryl methyl sites for hydroxylation is 2. The normalized spacial score (nSPS) is 12.5. The second-order valence-electron chi connectivity index (χ2n) is 4.35. The third-order valence-electron chi connectivity index (χ3n) is 2.62. The molecular formula is C12H22N4O. The highest BCUT2D eigenvalue weighted by molar-refractivity contribution is 5.92. The van der Waals surface area contributed by atoms with E-state index < -0.39 is 0 Å². The van der Waals surface area contributed by atoms with Gasteiger partial charge in [-0.1, -0.05) is 6.92 Å². The quantitative estimate of drug-likeness (QED) is 0.828. The van der Waals surface area contributed by atoms with Crippen LogP contribution in [0.1, 0.15) is 37.0 Å². The zero-order chi connectivity index (χ0) is 13.0. The first kappa shape index (κ1) is 13.7. The molecule has 17 heavy (non-hydrogen) atoms. The van der Waals surface area contributed by atoms with E-state index in [0.717, 1.165) is 12.1 Å². The van der Waals surface area contributed by atoms with Gasteiger partial charge in [0, 0.05) is 26.2 Å². The summed E-state index contributed by atoms with van der Waals surface area (Å²) >= 11 is 0. The summed E-state index contributed by atoms with van der Waals surface area (Å²) in [6, 6.07) is 1.84. The molecule has 1 amide bonds. The summed E-state index contributed by atoms with van der Waals surface area (Å²) in [7, 11) is 1.77.